The average Bonchev–Trinajstić information content (AvgIpc) is 2.88. The molecule has 0 amide bonds. The van der Waals surface area contributed by atoms with Crippen LogP contribution in [-0.4, -0.2) is 18.2 Å². The molecule has 0 aliphatic heterocycles. The van der Waals surface area contributed by atoms with E-state index >= 15 is 0 Å². The fourth-order valence-corrected chi connectivity index (χ4v) is 4.11. The Kier molecular flexibility index (Phi) is 3.00. The van der Waals surface area contributed by atoms with Crippen molar-refractivity contribution in [2.45, 2.75) is 43.9 Å². The molecule has 1 N–H and O–H groups in total. The molecule has 2 aliphatic carbocycles. The first kappa shape index (κ1) is 12.5. The molecule has 2 aliphatic rings. The number of rotatable bonds is 2. The monoisotopic (exact) mass is 260 g/mol. The largest absolute Gasteiger partial charge is 0.497 e. The summed E-state index contributed by atoms with van der Waals surface area (Å²) in [6.07, 6.45) is 5.93. The summed E-state index contributed by atoms with van der Waals surface area (Å²) in [4.78, 5) is 11.6. The van der Waals surface area contributed by atoms with Crippen LogP contribution in [0.5, 0.6) is 5.75 Å². The highest BCUT2D eigenvalue weighted by molar-refractivity contribution is 5.73. The number of methoxy groups -OCH3 is 1. The number of carboxylic acids is 1. The van der Waals surface area contributed by atoms with Crippen LogP contribution in [0.4, 0.5) is 0 Å². The summed E-state index contributed by atoms with van der Waals surface area (Å²) in [6, 6.07) is 6.19. The summed E-state index contributed by atoms with van der Waals surface area (Å²) in [5.74, 6) is -0.0129. The molecule has 3 rings (SSSR count). The van der Waals surface area contributed by atoms with Crippen LogP contribution in [0.1, 0.15) is 43.2 Å². The molecule has 0 saturated heterocycles. The zero-order chi connectivity index (χ0) is 13.5. The first-order chi connectivity index (χ1) is 9.17. The number of carbonyl (C=O) groups is 1. The average molecular weight is 260 g/mol. The van der Waals surface area contributed by atoms with E-state index in [4.69, 9.17) is 4.74 Å². The van der Waals surface area contributed by atoms with E-state index in [0.29, 0.717) is 0 Å². The van der Waals surface area contributed by atoms with Gasteiger partial charge in [-0.05, 0) is 48.9 Å². The normalized spacial score (nSPS) is 24.2. The van der Waals surface area contributed by atoms with Gasteiger partial charge in [0.2, 0.25) is 0 Å². The van der Waals surface area contributed by atoms with Crippen LogP contribution in [0.15, 0.2) is 18.2 Å². The molecule has 19 heavy (non-hydrogen) atoms. The smallest absolute Gasteiger partial charge is 0.307 e. The molecule has 102 valence electrons. The number of ether oxygens (including phenoxy) is 1. The molecule has 0 bridgehead atoms. The lowest BCUT2D eigenvalue weighted by Crippen LogP contribution is -2.41. The van der Waals surface area contributed by atoms with E-state index in [1.54, 1.807) is 7.11 Å². The van der Waals surface area contributed by atoms with Gasteiger partial charge >= 0.3 is 5.97 Å². The minimum atomic E-state index is -0.629. The van der Waals surface area contributed by atoms with Gasteiger partial charge in [-0.25, -0.2) is 0 Å². The Balaban J connectivity index is 2.13. The fourth-order valence-electron chi connectivity index (χ4n) is 4.11. The first-order valence-electron chi connectivity index (χ1n) is 7.07. The number of hydrogen-bond donors (Lipinski definition) is 1. The predicted octanol–water partition coefficient (Wildman–Crippen LogP) is 3.15. The van der Waals surface area contributed by atoms with Crippen molar-refractivity contribution >= 4 is 5.97 Å². The van der Waals surface area contributed by atoms with Crippen LogP contribution < -0.4 is 4.74 Å². The molecule has 1 atom stereocenters. The second kappa shape index (κ2) is 4.55. The minimum absolute atomic E-state index is 0.145. The van der Waals surface area contributed by atoms with Gasteiger partial charge in [-0.15, -0.1) is 0 Å². The zero-order valence-corrected chi connectivity index (χ0v) is 11.3. The maximum atomic E-state index is 11.6. The first-order valence-corrected chi connectivity index (χ1v) is 7.07. The van der Waals surface area contributed by atoms with Crippen molar-refractivity contribution in [1.82, 2.24) is 0 Å². The third-order valence-electron chi connectivity index (χ3n) is 5.02. The van der Waals surface area contributed by atoms with Crippen molar-refractivity contribution in [3.05, 3.63) is 29.3 Å². The maximum absolute atomic E-state index is 11.6. The molecule has 1 spiro atoms. The second-order valence-corrected chi connectivity index (χ2v) is 5.82. The summed E-state index contributed by atoms with van der Waals surface area (Å²) < 4.78 is 5.33. The number of hydrogen-bond acceptors (Lipinski definition) is 2. The molecule has 1 aromatic carbocycles. The van der Waals surface area contributed by atoms with Crippen LogP contribution >= 0.6 is 0 Å². The third-order valence-corrected chi connectivity index (χ3v) is 5.02. The van der Waals surface area contributed by atoms with Crippen molar-refractivity contribution in [2.75, 3.05) is 7.11 Å². The Morgan fingerprint density at radius 2 is 2.11 bits per heavy atom. The van der Waals surface area contributed by atoms with E-state index in [1.165, 1.54) is 11.1 Å². The number of benzene rings is 1. The molecule has 3 heteroatoms. The van der Waals surface area contributed by atoms with E-state index in [1.807, 2.05) is 6.07 Å². The minimum Gasteiger partial charge on any atom is -0.497 e. The van der Waals surface area contributed by atoms with Crippen molar-refractivity contribution < 1.29 is 14.6 Å². The molecular weight excluding hydrogens is 240 g/mol. The molecule has 1 fully saturated rings. The zero-order valence-electron chi connectivity index (χ0n) is 11.3. The third kappa shape index (κ3) is 1.83. The summed E-state index contributed by atoms with van der Waals surface area (Å²) in [5.41, 5.74) is 2.41. The van der Waals surface area contributed by atoms with E-state index < -0.39 is 5.97 Å². The molecular formula is C16H20O3. The molecule has 0 radical (unpaired) electrons. The number of aryl methyl sites for hydroxylation is 1. The standard InChI is InChI=1S/C16H20O3/c1-19-12-6-4-11-5-7-13(15(17)18)16(14(11)10-12)8-2-3-9-16/h4,6,10,13H,2-3,5,7-9H2,1H3,(H,17,18). The molecule has 0 heterocycles. The van der Waals surface area contributed by atoms with Crippen LogP contribution in [0.3, 0.4) is 0 Å². The topological polar surface area (TPSA) is 46.5 Å². The van der Waals surface area contributed by atoms with Gasteiger partial charge in [0.05, 0.1) is 13.0 Å². The lowest BCUT2D eigenvalue weighted by Gasteiger charge is -2.41. The Bertz CT molecular complexity index is 501. The van der Waals surface area contributed by atoms with Gasteiger partial charge in [-0.3, -0.25) is 4.79 Å². The lowest BCUT2D eigenvalue weighted by atomic mass is 9.62. The number of aliphatic carboxylic acids is 1. The van der Waals surface area contributed by atoms with Crippen LogP contribution in [0.25, 0.3) is 0 Å². The van der Waals surface area contributed by atoms with E-state index in [-0.39, 0.29) is 11.3 Å². The molecule has 1 unspecified atom stereocenters. The van der Waals surface area contributed by atoms with Gasteiger partial charge in [0.1, 0.15) is 5.75 Å². The summed E-state index contributed by atoms with van der Waals surface area (Å²) in [7, 11) is 1.67. The summed E-state index contributed by atoms with van der Waals surface area (Å²) >= 11 is 0. The highest BCUT2D eigenvalue weighted by atomic mass is 16.5. The Hall–Kier alpha value is -1.51. The molecule has 3 nitrogen and oxygen atoms in total. The van der Waals surface area contributed by atoms with E-state index in [9.17, 15) is 9.90 Å². The Labute approximate surface area is 113 Å². The van der Waals surface area contributed by atoms with Crippen molar-refractivity contribution in [3.8, 4) is 5.75 Å². The Morgan fingerprint density at radius 3 is 2.74 bits per heavy atom. The van der Waals surface area contributed by atoms with Gasteiger partial charge in [-0.1, -0.05) is 18.9 Å². The SMILES string of the molecule is COc1ccc2c(c1)C1(CCCC1)C(C(=O)O)CC2. The highest BCUT2D eigenvalue weighted by Gasteiger charge is 2.49. The fraction of sp³-hybridized carbons (Fsp3) is 0.562. The molecule has 1 aromatic rings. The van der Waals surface area contributed by atoms with Gasteiger partial charge in [0.15, 0.2) is 0 Å². The van der Waals surface area contributed by atoms with Crippen molar-refractivity contribution in [1.29, 1.82) is 0 Å². The number of fused-ring (bicyclic) bond motifs is 2. The summed E-state index contributed by atoms with van der Waals surface area (Å²) in [5, 5.41) is 9.58. The quantitative estimate of drug-likeness (QED) is 0.888. The van der Waals surface area contributed by atoms with Gasteiger partial charge in [0.25, 0.3) is 0 Å². The number of carboxylic acid groups (broad SMARTS) is 1. The van der Waals surface area contributed by atoms with Crippen molar-refractivity contribution in [3.63, 3.8) is 0 Å². The van der Waals surface area contributed by atoms with Gasteiger partial charge < -0.3 is 9.84 Å². The van der Waals surface area contributed by atoms with Crippen LogP contribution in [0, 0.1) is 5.92 Å². The van der Waals surface area contributed by atoms with Gasteiger partial charge in [-0.2, -0.15) is 0 Å². The second-order valence-electron chi connectivity index (χ2n) is 5.82. The van der Waals surface area contributed by atoms with Crippen molar-refractivity contribution in [2.24, 2.45) is 5.92 Å². The summed E-state index contributed by atoms with van der Waals surface area (Å²) in [6.45, 7) is 0. The van der Waals surface area contributed by atoms with Gasteiger partial charge in [0, 0.05) is 5.41 Å². The molecule has 1 saturated carbocycles. The maximum Gasteiger partial charge on any atom is 0.307 e. The lowest BCUT2D eigenvalue weighted by molar-refractivity contribution is -0.145. The van der Waals surface area contributed by atoms with Crippen LogP contribution in [0.2, 0.25) is 0 Å². The molecule has 0 aromatic heterocycles. The van der Waals surface area contributed by atoms with E-state index in [2.05, 4.69) is 12.1 Å². The highest BCUT2D eigenvalue weighted by Crippen LogP contribution is 2.52. The predicted molar refractivity (Wildman–Crippen MR) is 72.6 cm³/mol. The Morgan fingerprint density at radius 1 is 1.37 bits per heavy atom. The van der Waals surface area contributed by atoms with E-state index in [0.717, 1.165) is 44.3 Å². The van der Waals surface area contributed by atoms with Crippen LogP contribution in [-0.2, 0) is 16.6 Å².